The first kappa shape index (κ1) is 18.8. The number of hydrogen-bond donors (Lipinski definition) is 1. The van der Waals surface area contributed by atoms with Crippen molar-refractivity contribution >= 4 is 29.9 Å². The summed E-state index contributed by atoms with van der Waals surface area (Å²) in [6.45, 7) is 6.89. The molecule has 3 rings (SSSR count). The Morgan fingerprint density at radius 3 is 2.79 bits per heavy atom. The Balaban J connectivity index is 0.00000208. The fourth-order valence-electron chi connectivity index (χ4n) is 3.03. The molecule has 2 heterocycles. The topological polar surface area (TPSA) is 59.4 Å². The molecule has 130 valence electrons. The van der Waals surface area contributed by atoms with Gasteiger partial charge in [0.1, 0.15) is 0 Å². The highest BCUT2D eigenvalue weighted by Crippen LogP contribution is 2.16. The Hall–Kier alpha value is -1.57. The number of piperidine rings is 1. The lowest BCUT2D eigenvalue weighted by Crippen LogP contribution is -2.43. The number of hydrogen-bond acceptors (Lipinski definition) is 2. The predicted octanol–water partition coefficient (Wildman–Crippen LogP) is 3.35. The van der Waals surface area contributed by atoms with Crippen LogP contribution in [0, 0.1) is 12.8 Å². The van der Waals surface area contributed by atoms with Crippen LogP contribution in [0.3, 0.4) is 0 Å². The third kappa shape index (κ3) is 4.49. The molecular formula is C18H26IN5. The number of aliphatic imine (C=N–C) groups is 1. The van der Waals surface area contributed by atoms with Gasteiger partial charge in [0.05, 0.1) is 17.9 Å². The van der Waals surface area contributed by atoms with Crippen molar-refractivity contribution in [3.63, 3.8) is 0 Å². The monoisotopic (exact) mass is 439 g/mol. The van der Waals surface area contributed by atoms with Gasteiger partial charge in [-0.25, -0.2) is 9.67 Å². The van der Waals surface area contributed by atoms with Crippen LogP contribution in [0.25, 0.3) is 5.69 Å². The van der Waals surface area contributed by atoms with E-state index in [0.717, 1.165) is 30.0 Å². The van der Waals surface area contributed by atoms with E-state index >= 15 is 0 Å². The van der Waals surface area contributed by atoms with Gasteiger partial charge in [0.15, 0.2) is 5.96 Å². The SMILES string of the molecule is Cc1nn(-c2ccccc2)cc1CN=C(N)N1CCCC(C)C1.I. The number of nitrogens with two attached hydrogens (primary N) is 1. The zero-order valence-corrected chi connectivity index (χ0v) is 16.7. The Morgan fingerprint density at radius 2 is 2.08 bits per heavy atom. The van der Waals surface area contributed by atoms with E-state index in [1.54, 1.807) is 0 Å². The third-order valence-electron chi connectivity index (χ3n) is 4.41. The van der Waals surface area contributed by atoms with Crippen LogP contribution < -0.4 is 5.73 Å². The molecule has 1 aromatic heterocycles. The first-order valence-corrected chi connectivity index (χ1v) is 8.29. The average molecular weight is 439 g/mol. The van der Waals surface area contributed by atoms with Gasteiger partial charge in [-0.15, -0.1) is 24.0 Å². The predicted molar refractivity (Wildman–Crippen MR) is 109 cm³/mol. The quantitative estimate of drug-likeness (QED) is 0.454. The van der Waals surface area contributed by atoms with Crippen LogP contribution in [0.1, 0.15) is 31.0 Å². The minimum Gasteiger partial charge on any atom is -0.370 e. The minimum absolute atomic E-state index is 0. The Kier molecular flexibility index (Phi) is 6.65. The van der Waals surface area contributed by atoms with Crippen molar-refractivity contribution in [1.82, 2.24) is 14.7 Å². The van der Waals surface area contributed by atoms with Crippen LogP contribution in [0.2, 0.25) is 0 Å². The van der Waals surface area contributed by atoms with Gasteiger partial charge < -0.3 is 10.6 Å². The Bertz CT molecular complexity index is 680. The van der Waals surface area contributed by atoms with Gasteiger partial charge >= 0.3 is 0 Å². The molecule has 2 aromatic rings. The second-order valence-corrected chi connectivity index (χ2v) is 6.39. The van der Waals surface area contributed by atoms with Crippen LogP contribution in [-0.2, 0) is 6.54 Å². The summed E-state index contributed by atoms with van der Waals surface area (Å²) in [7, 11) is 0. The number of nitrogens with zero attached hydrogens (tertiary/aromatic N) is 4. The molecule has 5 nitrogen and oxygen atoms in total. The van der Waals surface area contributed by atoms with E-state index in [1.165, 1.54) is 12.8 Å². The van der Waals surface area contributed by atoms with Gasteiger partial charge in [0.25, 0.3) is 0 Å². The lowest BCUT2D eigenvalue weighted by atomic mass is 10.0. The van der Waals surface area contributed by atoms with Crippen molar-refractivity contribution in [2.24, 2.45) is 16.6 Å². The van der Waals surface area contributed by atoms with Crippen LogP contribution >= 0.6 is 24.0 Å². The highest BCUT2D eigenvalue weighted by atomic mass is 127. The molecule has 1 unspecified atom stereocenters. The summed E-state index contributed by atoms with van der Waals surface area (Å²) >= 11 is 0. The summed E-state index contributed by atoms with van der Waals surface area (Å²) in [5.41, 5.74) is 9.34. The van der Waals surface area contributed by atoms with Crippen molar-refractivity contribution in [2.45, 2.75) is 33.2 Å². The van der Waals surface area contributed by atoms with Crippen LogP contribution in [0.4, 0.5) is 0 Å². The van der Waals surface area contributed by atoms with Crippen molar-refractivity contribution in [3.05, 3.63) is 47.8 Å². The maximum absolute atomic E-state index is 6.18. The second-order valence-electron chi connectivity index (χ2n) is 6.39. The maximum Gasteiger partial charge on any atom is 0.191 e. The van der Waals surface area contributed by atoms with Crippen LogP contribution in [0.5, 0.6) is 0 Å². The molecule has 1 saturated heterocycles. The molecule has 1 fully saturated rings. The first-order chi connectivity index (χ1) is 11.1. The van der Waals surface area contributed by atoms with E-state index in [0.29, 0.717) is 18.4 Å². The highest BCUT2D eigenvalue weighted by Gasteiger charge is 2.17. The molecule has 0 saturated carbocycles. The Labute approximate surface area is 161 Å². The van der Waals surface area contributed by atoms with Crippen LogP contribution in [0.15, 0.2) is 41.5 Å². The standard InChI is InChI=1S/C18H25N5.HI/c1-14-7-6-10-22(12-14)18(19)20-11-16-13-23(21-15(16)2)17-8-4-3-5-9-17;/h3-5,8-9,13-14H,6-7,10-12H2,1-2H3,(H2,19,20);1H. The number of aromatic nitrogens is 2. The molecule has 2 N–H and O–H groups in total. The minimum atomic E-state index is 0. The Morgan fingerprint density at radius 1 is 1.33 bits per heavy atom. The average Bonchev–Trinajstić information content (AvgIpc) is 2.94. The number of rotatable bonds is 3. The summed E-state index contributed by atoms with van der Waals surface area (Å²) in [5.74, 6) is 1.35. The van der Waals surface area contributed by atoms with E-state index in [1.807, 2.05) is 48.1 Å². The van der Waals surface area contributed by atoms with Gasteiger partial charge in [0.2, 0.25) is 0 Å². The number of halogens is 1. The molecule has 0 radical (unpaired) electrons. The van der Waals surface area contributed by atoms with Gasteiger partial charge in [-0.1, -0.05) is 25.1 Å². The summed E-state index contributed by atoms with van der Waals surface area (Å²) in [6.07, 6.45) is 4.52. The van der Waals surface area contributed by atoms with E-state index in [-0.39, 0.29) is 24.0 Å². The molecule has 0 amide bonds. The largest absolute Gasteiger partial charge is 0.370 e. The zero-order valence-electron chi connectivity index (χ0n) is 14.4. The molecule has 1 aliphatic heterocycles. The van der Waals surface area contributed by atoms with E-state index in [9.17, 15) is 0 Å². The van der Waals surface area contributed by atoms with E-state index in [4.69, 9.17) is 5.73 Å². The molecule has 6 heteroatoms. The third-order valence-corrected chi connectivity index (χ3v) is 4.41. The van der Waals surface area contributed by atoms with Gasteiger partial charge in [-0.2, -0.15) is 5.10 Å². The van der Waals surface area contributed by atoms with Gasteiger partial charge in [-0.3, -0.25) is 0 Å². The molecule has 1 aliphatic rings. The normalized spacial score (nSPS) is 18.3. The molecule has 1 aromatic carbocycles. The molecule has 1 atom stereocenters. The fourth-order valence-corrected chi connectivity index (χ4v) is 3.03. The number of likely N-dealkylation sites (tertiary alicyclic amines) is 1. The summed E-state index contributed by atoms with van der Waals surface area (Å²) in [4.78, 5) is 6.79. The van der Waals surface area contributed by atoms with E-state index < -0.39 is 0 Å². The molecule has 0 bridgehead atoms. The number of para-hydroxylation sites is 1. The van der Waals surface area contributed by atoms with Crippen molar-refractivity contribution < 1.29 is 0 Å². The van der Waals surface area contributed by atoms with Gasteiger partial charge in [0, 0.05) is 24.8 Å². The smallest absolute Gasteiger partial charge is 0.191 e. The molecule has 0 aliphatic carbocycles. The second kappa shape index (κ2) is 8.50. The van der Waals surface area contributed by atoms with Crippen molar-refractivity contribution in [2.75, 3.05) is 13.1 Å². The highest BCUT2D eigenvalue weighted by molar-refractivity contribution is 14.0. The molecular weight excluding hydrogens is 413 g/mol. The fraction of sp³-hybridized carbons (Fsp3) is 0.444. The summed E-state index contributed by atoms with van der Waals surface area (Å²) < 4.78 is 1.90. The van der Waals surface area contributed by atoms with Crippen molar-refractivity contribution in [3.8, 4) is 5.69 Å². The first-order valence-electron chi connectivity index (χ1n) is 8.29. The maximum atomic E-state index is 6.18. The lowest BCUT2D eigenvalue weighted by molar-refractivity contribution is 0.270. The van der Waals surface area contributed by atoms with Gasteiger partial charge in [-0.05, 0) is 37.8 Å². The number of aryl methyl sites for hydroxylation is 1. The molecule has 0 spiro atoms. The van der Waals surface area contributed by atoms with Crippen molar-refractivity contribution in [1.29, 1.82) is 0 Å². The summed E-state index contributed by atoms with van der Waals surface area (Å²) in [6, 6.07) is 10.1. The summed E-state index contributed by atoms with van der Waals surface area (Å²) in [5, 5.41) is 4.58. The van der Waals surface area contributed by atoms with E-state index in [2.05, 4.69) is 21.9 Å². The lowest BCUT2D eigenvalue weighted by Gasteiger charge is -2.31. The molecule has 24 heavy (non-hydrogen) atoms. The number of benzene rings is 1. The zero-order chi connectivity index (χ0) is 16.2. The number of guanidine groups is 1. The van der Waals surface area contributed by atoms with Crippen LogP contribution in [-0.4, -0.2) is 33.7 Å².